The molecule has 2 atom stereocenters. The van der Waals surface area contributed by atoms with Crippen LogP contribution in [0.5, 0.6) is 5.75 Å². The topological polar surface area (TPSA) is 46.5 Å². The molecule has 0 spiro atoms. The Labute approximate surface area is 176 Å². The summed E-state index contributed by atoms with van der Waals surface area (Å²) in [5.74, 6) is -1.39. The summed E-state index contributed by atoms with van der Waals surface area (Å²) in [5.41, 5.74) is 0.995. The normalized spacial score (nSPS) is 25.5. The molecule has 2 fully saturated rings. The van der Waals surface area contributed by atoms with E-state index in [2.05, 4.69) is 10.8 Å². The van der Waals surface area contributed by atoms with Crippen LogP contribution < -0.4 is 4.74 Å². The number of alkyl halides is 3. The Kier molecular flexibility index (Phi) is 7.14. The van der Waals surface area contributed by atoms with Crippen LogP contribution in [0.15, 0.2) is 36.4 Å². The Morgan fingerprint density at radius 1 is 1.30 bits per heavy atom. The van der Waals surface area contributed by atoms with Crippen molar-refractivity contribution in [2.75, 3.05) is 0 Å². The minimum Gasteiger partial charge on any atom is -0.481 e. The fraction of sp³-hybridized carbons (Fsp3) is 0.625. The first kappa shape index (κ1) is 22.7. The molecular formula is C24H31F3O3. The lowest BCUT2D eigenvalue weighted by atomic mass is 9.79. The number of benzene rings is 1. The van der Waals surface area contributed by atoms with Gasteiger partial charge < -0.3 is 9.84 Å². The van der Waals surface area contributed by atoms with E-state index in [1.165, 1.54) is 50.3 Å². The maximum absolute atomic E-state index is 12.6. The van der Waals surface area contributed by atoms with Gasteiger partial charge in [0.15, 0.2) is 0 Å². The first-order chi connectivity index (χ1) is 14.2. The number of halogens is 3. The molecule has 1 N–H and O–H groups in total. The number of rotatable bonds is 10. The lowest BCUT2D eigenvalue weighted by molar-refractivity contribution is -0.274. The van der Waals surface area contributed by atoms with E-state index in [1.54, 1.807) is 6.07 Å². The molecule has 2 saturated carbocycles. The van der Waals surface area contributed by atoms with Crippen molar-refractivity contribution in [1.29, 1.82) is 0 Å². The predicted molar refractivity (Wildman–Crippen MR) is 109 cm³/mol. The first-order valence-corrected chi connectivity index (χ1v) is 10.9. The highest BCUT2D eigenvalue weighted by Gasteiger charge is 2.43. The fourth-order valence-electron chi connectivity index (χ4n) is 5.46. The second-order valence-corrected chi connectivity index (χ2v) is 9.02. The van der Waals surface area contributed by atoms with Gasteiger partial charge in [0.1, 0.15) is 5.75 Å². The number of carboxylic acid groups (broad SMARTS) is 1. The van der Waals surface area contributed by atoms with Crippen LogP contribution in [0, 0.1) is 17.3 Å². The molecule has 0 saturated heterocycles. The summed E-state index contributed by atoms with van der Waals surface area (Å²) in [6.07, 6.45) is 8.59. The van der Waals surface area contributed by atoms with Crippen LogP contribution >= 0.6 is 0 Å². The molecule has 166 valence electrons. The van der Waals surface area contributed by atoms with Gasteiger partial charge in [-0.2, -0.15) is 0 Å². The molecule has 3 nitrogen and oxygen atoms in total. The highest BCUT2D eigenvalue weighted by atomic mass is 19.4. The molecule has 0 amide bonds. The smallest absolute Gasteiger partial charge is 0.481 e. The van der Waals surface area contributed by atoms with Crippen LogP contribution in [-0.4, -0.2) is 17.4 Å². The molecule has 0 aliphatic heterocycles. The Hall–Kier alpha value is -1.98. The summed E-state index contributed by atoms with van der Waals surface area (Å²) >= 11 is 0. The average molecular weight is 425 g/mol. The number of allylic oxidation sites excluding steroid dienone is 2. The number of hydrogen-bond acceptors (Lipinski definition) is 2. The molecule has 2 aliphatic carbocycles. The third kappa shape index (κ3) is 5.79. The molecule has 2 bridgehead atoms. The van der Waals surface area contributed by atoms with Crippen molar-refractivity contribution in [3.05, 3.63) is 42.0 Å². The standard InChI is InChI=1S/C24H31F3O3/c1-2-6-21(22(28)29)20(18-7-5-8-19(15-18)30-24(25,26)27)9-3-4-12-23-13-10-17(16-23)11-14-23/h3-5,7-8,15,17,20-21H,2,6,9-14,16H2,1H3,(H,28,29). The molecule has 2 unspecified atom stereocenters. The molecule has 6 heteroatoms. The van der Waals surface area contributed by atoms with Gasteiger partial charge in [-0.05, 0) is 80.4 Å². The third-order valence-corrected chi connectivity index (χ3v) is 6.92. The number of aliphatic carboxylic acids is 1. The van der Waals surface area contributed by atoms with Gasteiger partial charge >= 0.3 is 12.3 Å². The van der Waals surface area contributed by atoms with Crippen LogP contribution in [0.2, 0.25) is 0 Å². The number of hydrogen-bond donors (Lipinski definition) is 1. The Morgan fingerprint density at radius 2 is 2.03 bits per heavy atom. The summed E-state index contributed by atoms with van der Waals surface area (Å²) < 4.78 is 41.9. The van der Waals surface area contributed by atoms with Crippen LogP contribution in [0.25, 0.3) is 0 Å². The third-order valence-electron chi connectivity index (χ3n) is 6.92. The highest BCUT2D eigenvalue weighted by molar-refractivity contribution is 5.71. The van der Waals surface area contributed by atoms with Crippen LogP contribution in [0.3, 0.4) is 0 Å². The lowest BCUT2D eigenvalue weighted by Crippen LogP contribution is -2.22. The lowest BCUT2D eigenvalue weighted by Gasteiger charge is -2.25. The first-order valence-electron chi connectivity index (χ1n) is 10.9. The van der Waals surface area contributed by atoms with Gasteiger partial charge in [0, 0.05) is 5.92 Å². The summed E-state index contributed by atoms with van der Waals surface area (Å²) in [5, 5.41) is 9.77. The summed E-state index contributed by atoms with van der Waals surface area (Å²) in [4.78, 5) is 11.9. The van der Waals surface area contributed by atoms with Gasteiger partial charge in [0.2, 0.25) is 0 Å². The minimum atomic E-state index is -4.77. The maximum atomic E-state index is 12.6. The van der Waals surface area contributed by atoms with E-state index in [9.17, 15) is 23.1 Å². The second kappa shape index (κ2) is 9.44. The van der Waals surface area contributed by atoms with Crippen LogP contribution in [-0.2, 0) is 4.79 Å². The molecular weight excluding hydrogens is 393 g/mol. The molecule has 30 heavy (non-hydrogen) atoms. The molecule has 3 rings (SSSR count). The van der Waals surface area contributed by atoms with Crippen LogP contribution in [0.4, 0.5) is 13.2 Å². The van der Waals surface area contributed by atoms with Crippen molar-refractivity contribution in [2.45, 2.75) is 77.0 Å². The summed E-state index contributed by atoms with van der Waals surface area (Å²) in [6, 6.07) is 5.77. The van der Waals surface area contributed by atoms with Gasteiger partial charge in [-0.25, -0.2) is 0 Å². The molecule has 0 aromatic heterocycles. The zero-order chi connectivity index (χ0) is 21.8. The quantitative estimate of drug-likeness (QED) is 0.408. The van der Waals surface area contributed by atoms with Crippen LogP contribution in [0.1, 0.15) is 76.2 Å². The Morgan fingerprint density at radius 3 is 2.60 bits per heavy atom. The minimum absolute atomic E-state index is 0.309. The van der Waals surface area contributed by atoms with E-state index in [-0.39, 0.29) is 5.75 Å². The summed E-state index contributed by atoms with van der Waals surface area (Å²) in [6.45, 7) is 1.92. The average Bonchev–Trinajstić information content (AvgIpc) is 3.27. The van der Waals surface area contributed by atoms with Gasteiger partial charge in [0.05, 0.1) is 5.92 Å². The van der Waals surface area contributed by atoms with Crippen molar-refractivity contribution in [3.8, 4) is 5.75 Å². The van der Waals surface area contributed by atoms with Crippen molar-refractivity contribution in [3.63, 3.8) is 0 Å². The van der Waals surface area contributed by atoms with Gasteiger partial charge in [-0.1, -0.05) is 37.6 Å². The number of carbonyl (C=O) groups is 1. The monoisotopic (exact) mass is 424 g/mol. The molecule has 2 aliphatic rings. The number of ether oxygens (including phenoxy) is 1. The van der Waals surface area contributed by atoms with Crippen molar-refractivity contribution >= 4 is 5.97 Å². The molecule has 1 aromatic carbocycles. The predicted octanol–water partition coefficient (Wildman–Crippen LogP) is 7.09. The Bertz CT molecular complexity index is 748. The highest BCUT2D eigenvalue weighted by Crippen LogP contribution is 2.56. The van der Waals surface area contributed by atoms with E-state index in [0.717, 1.165) is 12.3 Å². The largest absolute Gasteiger partial charge is 0.573 e. The van der Waals surface area contributed by atoms with E-state index >= 15 is 0 Å². The Balaban J connectivity index is 1.75. The summed E-state index contributed by atoms with van der Waals surface area (Å²) in [7, 11) is 0. The van der Waals surface area contributed by atoms with Gasteiger partial charge in [0.25, 0.3) is 0 Å². The van der Waals surface area contributed by atoms with Crippen molar-refractivity contribution < 1.29 is 27.8 Å². The maximum Gasteiger partial charge on any atom is 0.573 e. The van der Waals surface area contributed by atoms with Gasteiger partial charge in [-0.3, -0.25) is 4.79 Å². The molecule has 0 heterocycles. The van der Waals surface area contributed by atoms with Crippen molar-refractivity contribution in [2.24, 2.45) is 17.3 Å². The number of carboxylic acids is 1. The molecule has 1 aromatic rings. The van der Waals surface area contributed by atoms with E-state index in [1.807, 2.05) is 13.0 Å². The van der Waals surface area contributed by atoms with E-state index < -0.39 is 24.2 Å². The van der Waals surface area contributed by atoms with Crippen molar-refractivity contribution in [1.82, 2.24) is 0 Å². The zero-order valence-electron chi connectivity index (χ0n) is 17.5. The van der Waals surface area contributed by atoms with Gasteiger partial charge in [-0.15, -0.1) is 13.2 Å². The van der Waals surface area contributed by atoms with E-state index in [0.29, 0.717) is 30.2 Å². The zero-order valence-corrected chi connectivity index (χ0v) is 17.5. The second-order valence-electron chi connectivity index (χ2n) is 9.02. The fourth-order valence-corrected chi connectivity index (χ4v) is 5.46. The molecule has 0 radical (unpaired) electrons. The SMILES string of the molecule is CCCC(C(=O)O)C(CC=CCC12CCC(CC1)C2)c1cccc(OC(F)(F)F)c1. The number of fused-ring (bicyclic) bond motifs is 2. The van der Waals surface area contributed by atoms with E-state index in [4.69, 9.17) is 0 Å².